The van der Waals surface area contributed by atoms with Crippen LogP contribution in [0.15, 0.2) is 35.2 Å². The lowest BCUT2D eigenvalue weighted by Crippen LogP contribution is -2.38. The summed E-state index contributed by atoms with van der Waals surface area (Å²) in [5.41, 5.74) is -1.12. The summed E-state index contributed by atoms with van der Waals surface area (Å²) >= 11 is 0. The molecule has 0 radical (unpaired) electrons. The molecule has 0 unspecified atom stereocenters. The molecular weight excluding hydrogens is 656 g/mol. The molecular formula is C34H43F2N7O7. The van der Waals surface area contributed by atoms with Crippen molar-refractivity contribution in [2.45, 2.75) is 77.4 Å². The van der Waals surface area contributed by atoms with Crippen molar-refractivity contribution in [3.05, 3.63) is 42.2 Å². The van der Waals surface area contributed by atoms with Crippen LogP contribution >= 0.6 is 0 Å². The number of halogens is 2. The van der Waals surface area contributed by atoms with Gasteiger partial charge in [-0.05, 0) is 77.3 Å². The quantitative estimate of drug-likeness (QED) is 0.164. The second-order valence-corrected chi connectivity index (χ2v) is 13.6. The van der Waals surface area contributed by atoms with Crippen molar-refractivity contribution in [2.75, 3.05) is 43.6 Å². The Balaban J connectivity index is 1.23. The topological polar surface area (TPSA) is 162 Å². The zero-order valence-electron chi connectivity index (χ0n) is 28.6. The maximum atomic E-state index is 14.0. The van der Waals surface area contributed by atoms with Gasteiger partial charge in [-0.3, -0.25) is 19.2 Å². The first kappa shape index (κ1) is 36.5. The van der Waals surface area contributed by atoms with E-state index in [4.69, 9.17) is 13.9 Å². The van der Waals surface area contributed by atoms with Gasteiger partial charge in [-0.25, -0.2) is 23.5 Å². The predicted molar refractivity (Wildman–Crippen MR) is 177 cm³/mol. The zero-order valence-corrected chi connectivity index (χ0v) is 28.6. The molecule has 2 fully saturated rings. The summed E-state index contributed by atoms with van der Waals surface area (Å²) in [5, 5.41) is 6.60. The third kappa shape index (κ3) is 9.49. The van der Waals surface area contributed by atoms with E-state index < -0.39 is 29.7 Å². The Morgan fingerprint density at radius 3 is 2.56 bits per heavy atom. The number of rotatable bonds is 14. The van der Waals surface area contributed by atoms with Crippen LogP contribution in [-0.2, 0) is 19.1 Å². The molecule has 270 valence electrons. The minimum atomic E-state index is -2.95. The number of likely N-dealkylation sites (N-methyl/N-ethyl adjacent to an activating group) is 1. The van der Waals surface area contributed by atoms with E-state index in [0.29, 0.717) is 62.4 Å². The minimum absolute atomic E-state index is 0.0238. The van der Waals surface area contributed by atoms with Gasteiger partial charge in [0.2, 0.25) is 11.8 Å². The zero-order chi connectivity index (χ0) is 36.0. The summed E-state index contributed by atoms with van der Waals surface area (Å²) in [5.74, 6) is -0.256. The van der Waals surface area contributed by atoms with E-state index in [9.17, 15) is 28.0 Å². The lowest BCUT2D eigenvalue weighted by molar-refractivity contribution is -0.136. The number of hydrogen-bond donors (Lipinski definition) is 1. The number of nitrogens with zero attached hydrogens (tertiary/aromatic N) is 6. The highest BCUT2D eigenvalue weighted by atomic mass is 19.3. The van der Waals surface area contributed by atoms with Crippen molar-refractivity contribution >= 4 is 35.7 Å². The van der Waals surface area contributed by atoms with E-state index in [0.717, 1.165) is 19.1 Å². The van der Waals surface area contributed by atoms with Crippen molar-refractivity contribution < 1.29 is 41.8 Å². The highest BCUT2D eigenvalue weighted by Gasteiger charge is 2.33. The van der Waals surface area contributed by atoms with Gasteiger partial charge in [-0.15, -0.1) is 0 Å². The van der Waals surface area contributed by atoms with Gasteiger partial charge in [-0.1, -0.05) is 0 Å². The number of alkyl halides is 2. The Hall–Kier alpha value is -4.73. The summed E-state index contributed by atoms with van der Waals surface area (Å²) < 4.78 is 45.8. The van der Waals surface area contributed by atoms with Gasteiger partial charge in [0.05, 0.1) is 18.3 Å². The first-order valence-electron chi connectivity index (χ1n) is 16.7. The largest absolute Gasteiger partial charge is 0.444 e. The van der Waals surface area contributed by atoms with Crippen LogP contribution in [0.3, 0.4) is 0 Å². The van der Waals surface area contributed by atoms with Crippen LogP contribution in [0.1, 0.15) is 87.9 Å². The van der Waals surface area contributed by atoms with Gasteiger partial charge >= 0.3 is 6.09 Å². The number of carbonyl (C=O) groups is 4. The van der Waals surface area contributed by atoms with E-state index in [-0.39, 0.29) is 48.4 Å². The van der Waals surface area contributed by atoms with Crippen LogP contribution in [0.5, 0.6) is 0 Å². The van der Waals surface area contributed by atoms with Gasteiger partial charge in [0, 0.05) is 44.0 Å². The molecule has 14 nitrogen and oxygen atoms in total. The molecule has 3 heterocycles. The van der Waals surface area contributed by atoms with Crippen LogP contribution < -0.4 is 10.2 Å². The van der Waals surface area contributed by atoms with Crippen LogP contribution in [0.2, 0.25) is 0 Å². The van der Waals surface area contributed by atoms with Crippen molar-refractivity contribution in [3.63, 3.8) is 0 Å². The summed E-state index contributed by atoms with van der Waals surface area (Å²) in [6, 6.07) is 3.00. The smallest absolute Gasteiger partial charge is 0.416 e. The number of ether oxygens (including phenoxy) is 2. The molecule has 2 aliphatic carbocycles. The van der Waals surface area contributed by atoms with Gasteiger partial charge in [0.15, 0.2) is 11.4 Å². The Kier molecular flexibility index (Phi) is 11.6. The molecule has 0 aromatic carbocycles. The first-order chi connectivity index (χ1) is 23.8. The number of amides is 3. The highest BCUT2D eigenvalue weighted by molar-refractivity contribution is 6.03. The first-order valence-corrected chi connectivity index (χ1v) is 16.7. The molecule has 3 amide bonds. The molecule has 3 aromatic heterocycles. The summed E-state index contributed by atoms with van der Waals surface area (Å²) in [4.78, 5) is 61.1. The van der Waals surface area contributed by atoms with Gasteiger partial charge in [0.1, 0.15) is 30.6 Å². The molecule has 0 spiro atoms. The van der Waals surface area contributed by atoms with Crippen LogP contribution in [-0.4, -0.2) is 87.8 Å². The monoisotopic (exact) mass is 699 g/mol. The molecule has 2 saturated carbocycles. The van der Waals surface area contributed by atoms with Crippen LogP contribution in [0.4, 0.5) is 25.1 Å². The van der Waals surface area contributed by atoms with Gasteiger partial charge < -0.3 is 28.9 Å². The normalized spacial score (nSPS) is 17.7. The molecule has 0 bridgehead atoms. The Labute approximate surface area is 288 Å². The summed E-state index contributed by atoms with van der Waals surface area (Å²) in [6.07, 6.45) is 5.34. The SMILES string of the molecule is CN(CCOCC=O)C(=O)[C@H]1CC[C@H](n2cc(NC(=O)c3coc(-c4ccnc(N(CC5CC5)C(=O)OC(C)(C)C)c4)n3)c(C(F)F)n2)CC1. The summed E-state index contributed by atoms with van der Waals surface area (Å²) in [6.45, 7) is 6.39. The minimum Gasteiger partial charge on any atom is -0.444 e. The number of aromatic nitrogens is 4. The van der Waals surface area contributed by atoms with Crippen molar-refractivity contribution in [1.29, 1.82) is 0 Å². The molecule has 2 aliphatic rings. The Morgan fingerprint density at radius 2 is 1.90 bits per heavy atom. The number of anilines is 2. The second kappa shape index (κ2) is 15.9. The molecule has 5 rings (SSSR count). The van der Waals surface area contributed by atoms with Crippen LogP contribution in [0, 0.1) is 11.8 Å². The molecule has 0 atom stereocenters. The fourth-order valence-electron chi connectivity index (χ4n) is 5.73. The lowest BCUT2D eigenvalue weighted by Gasteiger charge is -2.30. The maximum Gasteiger partial charge on any atom is 0.416 e. The molecule has 50 heavy (non-hydrogen) atoms. The predicted octanol–water partition coefficient (Wildman–Crippen LogP) is 5.68. The number of carbonyl (C=O) groups excluding carboxylic acids is 4. The Bertz CT molecular complexity index is 1660. The van der Waals surface area contributed by atoms with Gasteiger partial charge in [-0.2, -0.15) is 5.10 Å². The molecule has 16 heteroatoms. The van der Waals surface area contributed by atoms with Crippen molar-refractivity contribution in [3.8, 4) is 11.5 Å². The fraction of sp³-hybridized carbons (Fsp3) is 0.559. The average molecular weight is 700 g/mol. The van der Waals surface area contributed by atoms with E-state index in [1.54, 1.807) is 44.9 Å². The Morgan fingerprint density at radius 1 is 1.16 bits per heavy atom. The lowest BCUT2D eigenvalue weighted by atomic mass is 9.85. The second-order valence-electron chi connectivity index (χ2n) is 13.6. The molecule has 0 saturated heterocycles. The maximum absolute atomic E-state index is 14.0. The fourth-order valence-corrected chi connectivity index (χ4v) is 5.73. The summed E-state index contributed by atoms with van der Waals surface area (Å²) in [7, 11) is 1.68. The number of oxazole rings is 1. The molecule has 1 N–H and O–H groups in total. The van der Waals surface area contributed by atoms with E-state index in [2.05, 4.69) is 20.4 Å². The molecule has 0 aliphatic heterocycles. The van der Waals surface area contributed by atoms with Gasteiger partial charge in [0.25, 0.3) is 12.3 Å². The van der Waals surface area contributed by atoms with E-state index >= 15 is 0 Å². The van der Waals surface area contributed by atoms with E-state index in [1.165, 1.54) is 22.0 Å². The standard InChI is InChI=1S/C34H43F2N7O7/c1-34(2,3)50-33(47)42(18-21-5-6-21)27-17-23(11-12-37-27)31-39-26(20-49-31)30(45)38-25-19-43(40-28(25)29(35)36)24-9-7-22(8-10-24)32(46)41(4)13-15-48-16-14-44/h11-12,14,17,19-22,24,29H,5-10,13,15-16,18H2,1-4H3,(H,38,45)/t22-,24-. The third-order valence-corrected chi connectivity index (χ3v) is 8.53. The van der Waals surface area contributed by atoms with Crippen LogP contribution in [0.25, 0.3) is 11.5 Å². The highest BCUT2D eigenvalue weighted by Crippen LogP contribution is 2.36. The molecule has 3 aromatic rings. The third-order valence-electron chi connectivity index (χ3n) is 8.53. The number of hydrogen-bond acceptors (Lipinski definition) is 10. The number of nitrogens with one attached hydrogen (secondary N) is 1. The average Bonchev–Trinajstić information content (AvgIpc) is 3.58. The van der Waals surface area contributed by atoms with Crippen molar-refractivity contribution in [1.82, 2.24) is 24.6 Å². The van der Waals surface area contributed by atoms with Crippen molar-refractivity contribution in [2.24, 2.45) is 11.8 Å². The number of aldehydes is 1. The number of pyridine rings is 1. The van der Waals surface area contributed by atoms with E-state index in [1.807, 2.05) is 0 Å².